The van der Waals surface area contributed by atoms with E-state index in [1.165, 1.54) is 4.90 Å². The van der Waals surface area contributed by atoms with Gasteiger partial charge in [0.2, 0.25) is 5.91 Å². The fourth-order valence-corrected chi connectivity index (χ4v) is 3.54. The summed E-state index contributed by atoms with van der Waals surface area (Å²) in [5.74, 6) is -0.614. The summed E-state index contributed by atoms with van der Waals surface area (Å²) in [7, 11) is -3.63. The molecule has 8 heteroatoms. The molecule has 0 radical (unpaired) electrons. The lowest BCUT2D eigenvalue weighted by molar-refractivity contribution is -0.119. The van der Waals surface area contributed by atoms with Gasteiger partial charge in [0.25, 0.3) is 16.0 Å². The molecule has 2 amide bonds. The Morgan fingerprint density at radius 3 is 2.73 bits per heavy atom. The number of carbonyl (C=O) groups is 2. The monoisotopic (exact) mass is 324 g/mol. The predicted octanol–water partition coefficient (Wildman–Crippen LogP) is 0.506. The zero-order valence-corrected chi connectivity index (χ0v) is 13.0. The number of carbonyl (C=O) groups excluding carboxylic acids is 2. The molecular formula is C14H16N2O5S. The van der Waals surface area contributed by atoms with Crippen molar-refractivity contribution in [2.45, 2.75) is 25.5 Å². The molecule has 7 nitrogen and oxygen atoms in total. The summed E-state index contributed by atoms with van der Waals surface area (Å²) in [6.07, 6.45) is 0.426. The van der Waals surface area contributed by atoms with E-state index in [1.807, 2.05) is 13.0 Å². The minimum absolute atomic E-state index is 0.0807. The van der Waals surface area contributed by atoms with Gasteiger partial charge in [-0.05, 0) is 19.1 Å². The van der Waals surface area contributed by atoms with E-state index in [4.69, 9.17) is 4.18 Å². The first kappa shape index (κ1) is 15.0. The van der Waals surface area contributed by atoms with Crippen LogP contribution in [0.15, 0.2) is 18.2 Å². The maximum atomic E-state index is 12.7. The number of hydrogen-bond donors (Lipinski definition) is 1. The topological polar surface area (TPSA) is 92.8 Å². The molecule has 22 heavy (non-hydrogen) atoms. The normalized spacial score (nSPS) is 24.5. The van der Waals surface area contributed by atoms with Gasteiger partial charge in [0.1, 0.15) is 6.04 Å². The summed E-state index contributed by atoms with van der Waals surface area (Å²) in [6, 6.07) is 4.52. The van der Waals surface area contributed by atoms with Crippen LogP contribution in [0, 0.1) is 6.92 Å². The van der Waals surface area contributed by atoms with E-state index >= 15 is 0 Å². The van der Waals surface area contributed by atoms with Gasteiger partial charge in [0.15, 0.2) is 0 Å². The average Bonchev–Trinajstić information content (AvgIpc) is 2.78. The van der Waals surface area contributed by atoms with Gasteiger partial charge in [-0.1, -0.05) is 11.6 Å². The number of anilines is 1. The molecule has 0 aromatic heterocycles. The lowest BCUT2D eigenvalue weighted by Crippen LogP contribution is -2.40. The van der Waals surface area contributed by atoms with Crippen LogP contribution < -0.4 is 5.32 Å². The highest BCUT2D eigenvalue weighted by Crippen LogP contribution is 2.30. The molecule has 1 aromatic rings. The number of benzene rings is 1. The summed E-state index contributed by atoms with van der Waals surface area (Å²) in [5, 5.41) is 2.73. The first-order chi connectivity index (χ1) is 10.2. The van der Waals surface area contributed by atoms with Crippen molar-refractivity contribution < 1.29 is 22.2 Å². The van der Waals surface area contributed by atoms with Crippen LogP contribution in [-0.2, 0) is 19.1 Å². The van der Waals surface area contributed by atoms with E-state index < -0.39 is 22.3 Å². The third-order valence-electron chi connectivity index (χ3n) is 3.80. The predicted molar refractivity (Wildman–Crippen MR) is 79.0 cm³/mol. The number of nitrogens with one attached hydrogen (secondary N) is 1. The highest BCUT2D eigenvalue weighted by atomic mass is 32.2. The van der Waals surface area contributed by atoms with Crippen LogP contribution in [0.3, 0.4) is 0 Å². The van der Waals surface area contributed by atoms with E-state index in [1.54, 1.807) is 12.1 Å². The second-order valence-corrected chi connectivity index (χ2v) is 7.27. The standard InChI is InChI=1S/C14H16N2O5S/c1-8-3-4-11-10(5-8)14(18)16-7-9(21-22(2,19)20)6-12(16)13(17)15-11/h3-5,9,12H,6-7H2,1-2H3,(H,15,17)/t9-,12+/m1/s1. The highest BCUT2D eigenvalue weighted by Gasteiger charge is 2.44. The van der Waals surface area contributed by atoms with Gasteiger partial charge in [-0.2, -0.15) is 8.42 Å². The second kappa shape index (κ2) is 5.06. The number of fused-ring (bicyclic) bond motifs is 2. The number of aryl methyl sites for hydroxylation is 1. The van der Waals surface area contributed by atoms with Crippen molar-refractivity contribution in [1.29, 1.82) is 0 Å². The van der Waals surface area contributed by atoms with Gasteiger partial charge in [0.05, 0.1) is 23.6 Å². The Morgan fingerprint density at radius 2 is 2.05 bits per heavy atom. The fourth-order valence-electron chi connectivity index (χ4n) is 2.90. The van der Waals surface area contributed by atoms with Crippen LogP contribution in [0.4, 0.5) is 5.69 Å². The number of amides is 2. The van der Waals surface area contributed by atoms with Crippen molar-refractivity contribution in [3.8, 4) is 0 Å². The Kier molecular flexibility index (Phi) is 3.45. The van der Waals surface area contributed by atoms with Crippen LogP contribution in [0.1, 0.15) is 22.3 Å². The average molecular weight is 324 g/mol. The fraction of sp³-hybridized carbons (Fsp3) is 0.429. The van der Waals surface area contributed by atoms with Crippen LogP contribution >= 0.6 is 0 Å². The summed E-state index contributed by atoms with van der Waals surface area (Å²) in [4.78, 5) is 26.3. The number of rotatable bonds is 2. The van der Waals surface area contributed by atoms with Crippen LogP contribution in [0.5, 0.6) is 0 Å². The summed E-state index contributed by atoms with van der Waals surface area (Å²) in [6.45, 7) is 1.94. The van der Waals surface area contributed by atoms with Crippen molar-refractivity contribution in [3.63, 3.8) is 0 Å². The largest absolute Gasteiger partial charge is 0.324 e. The number of nitrogens with zero attached hydrogens (tertiary/aromatic N) is 1. The van der Waals surface area contributed by atoms with Crippen molar-refractivity contribution in [3.05, 3.63) is 29.3 Å². The van der Waals surface area contributed by atoms with E-state index in [-0.39, 0.29) is 24.8 Å². The zero-order chi connectivity index (χ0) is 16.1. The van der Waals surface area contributed by atoms with Gasteiger partial charge in [-0.15, -0.1) is 0 Å². The smallest absolute Gasteiger partial charge is 0.264 e. The summed E-state index contributed by atoms with van der Waals surface area (Å²) in [5.41, 5.74) is 1.80. The Labute approximate surface area is 128 Å². The Morgan fingerprint density at radius 1 is 1.32 bits per heavy atom. The number of hydrogen-bond acceptors (Lipinski definition) is 5. The van der Waals surface area contributed by atoms with Crippen LogP contribution in [0.2, 0.25) is 0 Å². The second-order valence-electron chi connectivity index (χ2n) is 5.67. The van der Waals surface area contributed by atoms with Crippen molar-refractivity contribution in [2.24, 2.45) is 0 Å². The highest BCUT2D eigenvalue weighted by molar-refractivity contribution is 7.86. The molecule has 2 aliphatic heterocycles. The molecule has 1 fully saturated rings. The molecule has 0 aliphatic carbocycles. The van der Waals surface area contributed by atoms with Crippen molar-refractivity contribution in [1.82, 2.24) is 4.90 Å². The first-order valence-corrected chi connectivity index (χ1v) is 8.67. The molecule has 0 unspecified atom stereocenters. The summed E-state index contributed by atoms with van der Waals surface area (Å²) < 4.78 is 27.4. The molecule has 1 aromatic carbocycles. The SMILES string of the molecule is Cc1ccc2c(c1)C(=O)N1C[C@H](OS(C)(=O)=O)C[C@H]1C(=O)N2. The minimum Gasteiger partial charge on any atom is -0.324 e. The third-order valence-corrected chi connectivity index (χ3v) is 4.42. The van der Waals surface area contributed by atoms with E-state index in [0.29, 0.717) is 11.3 Å². The van der Waals surface area contributed by atoms with Crippen LogP contribution in [0.25, 0.3) is 0 Å². The molecule has 118 valence electrons. The van der Waals surface area contributed by atoms with Crippen LogP contribution in [-0.4, -0.2) is 50.1 Å². The molecule has 0 saturated carbocycles. The molecule has 2 aliphatic rings. The lowest BCUT2D eigenvalue weighted by Gasteiger charge is -2.19. The molecule has 0 bridgehead atoms. The summed E-state index contributed by atoms with van der Waals surface area (Å²) >= 11 is 0. The van der Waals surface area contributed by atoms with Gasteiger partial charge < -0.3 is 10.2 Å². The third kappa shape index (κ3) is 2.71. The Balaban J connectivity index is 1.94. The van der Waals surface area contributed by atoms with E-state index in [0.717, 1.165) is 11.8 Å². The van der Waals surface area contributed by atoms with E-state index in [2.05, 4.69) is 5.32 Å². The van der Waals surface area contributed by atoms with Gasteiger partial charge in [-0.3, -0.25) is 13.8 Å². The Hall–Kier alpha value is -1.93. The zero-order valence-electron chi connectivity index (χ0n) is 12.2. The maximum Gasteiger partial charge on any atom is 0.264 e. The van der Waals surface area contributed by atoms with Gasteiger partial charge >= 0.3 is 0 Å². The minimum atomic E-state index is -3.63. The van der Waals surface area contributed by atoms with Crippen molar-refractivity contribution in [2.75, 3.05) is 18.1 Å². The van der Waals surface area contributed by atoms with Gasteiger partial charge in [0, 0.05) is 13.0 Å². The molecule has 3 rings (SSSR count). The molecule has 2 atom stereocenters. The quantitative estimate of drug-likeness (QED) is 0.800. The molecule has 2 heterocycles. The molecular weight excluding hydrogens is 308 g/mol. The van der Waals surface area contributed by atoms with Gasteiger partial charge in [-0.25, -0.2) is 0 Å². The molecule has 1 saturated heterocycles. The lowest BCUT2D eigenvalue weighted by atomic mass is 10.1. The maximum absolute atomic E-state index is 12.7. The Bertz CT molecular complexity index is 758. The first-order valence-electron chi connectivity index (χ1n) is 6.85. The van der Waals surface area contributed by atoms with E-state index in [9.17, 15) is 18.0 Å². The molecule has 0 spiro atoms. The molecule has 1 N–H and O–H groups in total. The van der Waals surface area contributed by atoms with Crippen molar-refractivity contribution >= 4 is 27.6 Å².